The van der Waals surface area contributed by atoms with E-state index in [0.717, 1.165) is 11.1 Å². The predicted octanol–water partition coefficient (Wildman–Crippen LogP) is 5.83. The van der Waals surface area contributed by atoms with Crippen LogP contribution < -0.4 is 4.90 Å². The molecule has 4 rings (SSSR count). The third-order valence-corrected chi connectivity index (χ3v) is 5.80. The lowest BCUT2D eigenvalue weighted by Gasteiger charge is -2.25. The summed E-state index contributed by atoms with van der Waals surface area (Å²) in [6.45, 7) is 3.80. The van der Waals surface area contributed by atoms with Crippen molar-refractivity contribution in [2.75, 3.05) is 4.90 Å². The van der Waals surface area contributed by atoms with Gasteiger partial charge in [0.15, 0.2) is 0 Å². The van der Waals surface area contributed by atoms with Crippen LogP contribution in [0.15, 0.2) is 64.8 Å². The van der Waals surface area contributed by atoms with Crippen molar-refractivity contribution in [2.24, 2.45) is 0 Å². The molecule has 1 aliphatic rings. The first-order valence-corrected chi connectivity index (χ1v) is 9.92. The van der Waals surface area contributed by atoms with Crippen LogP contribution >= 0.6 is 23.2 Å². The number of amides is 1. The molecular weight excluding hydrogens is 425 g/mol. The van der Waals surface area contributed by atoms with E-state index in [1.807, 2.05) is 26.0 Å². The summed E-state index contributed by atoms with van der Waals surface area (Å²) in [7, 11) is 0. The molecule has 0 bridgehead atoms. The summed E-state index contributed by atoms with van der Waals surface area (Å²) >= 11 is 12.0. The molecule has 1 fully saturated rings. The highest BCUT2D eigenvalue weighted by atomic mass is 35.5. The minimum atomic E-state index is -0.921. The molecule has 152 valence electrons. The van der Waals surface area contributed by atoms with Gasteiger partial charge in [-0.05, 0) is 55.8 Å². The summed E-state index contributed by atoms with van der Waals surface area (Å²) in [5.41, 5.74) is 2.62. The van der Waals surface area contributed by atoms with Crippen LogP contribution in [0, 0.1) is 13.8 Å². The number of hydrogen-bond acceptors (Lipinski definition) is 4. The Morgan fingerprint density at radius 1 is 1.03 bits per heavy atom. The summed E-state index contributed by atoms with van der Waals surface area (Å²) in [6.07, 6.45) is 1.45. The molecule has 2 heterocycles. The van der Waals surface area contributed by atoms with Crippen LogP contribution in [0.5, 0.6) is 0 Å². The fourth-order valence-corrected chi connectivity index (χ4v) is 3.97. The Hall–Kier alpha value is -3.02. The van der Waals surface area contributed by atoms with Crippen molar-refractivity contribution in [1.29, 1.82) is 0 Å². The number of aliphatic hydroxyl groups is 1. The lowest BCUT2D eigenvalue weighted by atomic mass is 9.99. The van der Waals surface area contributed by atoms with E-state index in [4.69, 9.17) is 27.6 Å². The number of aliphatic hydroxyl groups excluding tert-OH is 1. The summed E-state index contributed by atoms with van der Waals surface area (Å²) < 4.78 is 5.55. The number of halogens is 2. The Morgan fingerprint density at radius 2 is 1.80 bits per heavy atom. The first-order valence-electron chi connectivity index (χ1n) is 9.16. The molecule has 0 spiro atoms. The highest BCUT2D eigenvalue weighted by molar-refractivity contribution is 6.51. The molecule has 1 atom stereocenters. The molecule has 1 unspecified atom stereocenters. The van der Waals surface area contributed by atoms with Gasteiger partial charge in [-0.1, -0.05) is 40.9 Å². The number of carbonyl (C=O) groups excluding carboxylic acids is 2. The van der Waals surface area contributed by atoms with Crippen LogP contribution in [0.2, 0.25) is 10.0 Å². The van der Waals surface area contributed by atoms with E-state index in [1.165, 1.54) is 29.4 Å². The molecule has 0 radical (unpaired) electrons. The topological polar surface area (TPSA) is 70.8 Å². The number of ketones is 1. The molecule has 0 aliphatic carbocycles. The molecule has 5 nitrogen and oxygen atoms in total. The Bertz CT molecular complexity index is 1200. The van der Waals surface area contributed by atoms with Crippen molar-refractivity contribution in [3.63, 3.8) is 0 Å². The van der Waals surface area contributed by atoms with E-state index in [1.54, 1.807) is 18.2 Å². The molecule has 1 N–H and O–H groups in total. The van der Waals surface area contributed by atoms with E-state index in [-0.39, 0.29) is 21.9 Å². The fourth-order valence-electron chi connectivity index (χ4n) is 3.67. The smallest absolute Gasteiger partial charge is 0.300 e. The molecule has 7 heteroatoms. The molecule has 2 aromatic carbocycles. The van der Waals surface area contributed by atoms with Crippen molar-refractivity contribution < 1.29 is 19.1 Å². The van der Waals surface area contributed by atoms with Gasteiger partial charge < -0.3 is 9.52 Å². The second kappa shape index (κ2) is 7.67. The highest BCUT2D eigenvalue weighted by Crippen LogP contribution is 2.43. The minimum absolute atomic E-state index is 0.0756. The minimum Gasteiger partial charge on any atom is -0.507 e. The Kier molecular flexibility index (Phi) is 5.18. The van der Waals surface area contributed by atoms with Crippen molar-refractivity contribution in [1.82, 2.24) is 0 Å². The van der Waals surface area contributed by atoms with E-state index in [0.29, 0.717) is 16.5 Å². The van der Waals surface area contributed by atoms with Gasteiger partial charge in [-0.3, -0.25) is 14.5 Å². The zero-order valence-electron chi connectivity index (χ0n) is 16.1. The van der Waals surface area contributed by atoms with Crippen molar-refractivity contribution >= 4 is 46.3 Å². The second-order valence-corrected chi connectivity index (χ2v) is 7.92. The molecule has 1 aromatic heterocycles. The van der Waals surface area contributed by atoms with Crippen molar-refractivity contribution in [2.45, 2.75) is 19.9 Å². The fraction of sp³-hybridized carbons (Fsp3) is 0.130. The Labute approximate surface area is 183 Å². The number of hydrogen-bond donors (Lipinski definition) is 1. The Morgan fingerprint density at radius 3 is 2.43 bits per heavy atom. The number of furan rings is 1. The number of Topliss-reactive ketones (excluding diaryl/α,β-unsaturated/α-hetero) is 1. The molecule has 1 aliphatic heterocycles. The average molecular weight is 442 g/mol. The summed E-state index contributed by atoms with van der Waals surface area (Å²) in [5.74, 6) is -1.54. The maximum absolute atomic E-state index is 13.1. The number of nitrogens with zero attached hydrogens (tertiary/aromatic N) is 1. The lowest BCUT2D eigenvalue weighted by Crippen LogP contribution is -2.30. The summed E-state index contributed by atoms with van der Waals surface area (Å²) in [6, 6.07) is 12.5. The summed E-state index contributed by atoms with van der Waals surface area (Å²) in [4.78, 5) is 27.4. The van der Waals surface area contributed by atoms with Crippen LogP contribution in [0.4, 0.5) is 5.69 Å². The van der Waals surface area contributed by atoms with Gasteiger partial charge >= 0.3 is 0 Å². The largest absolute Gasteiger partial charge is 0.507 e. The molecule has 0 saturated carbocycles. The van der Waals surface area contributed by atoms with Gasteiger partial charge in [-0.2, -0.15) is 0 Å². The lowest BCUT2D eigenvalue weighted by molar-refractivity contribution is -0.132. The SMILES string of the molecule is Cc1ccc(N2C(=O)C(=O)/C(=C(\O)c3ccc(Cl)c(Cl)c3)C2c2ccco2)c(C)c1. The monoisotopic (exact) mass is 441 g/mol. The van der Waals surface area contributed by atoms with E-state index in [9.17, 15) is 14.7 Å². The van der Waals surface area contributed by atoms with Crippen LogP contribution in [0.3, 0.4) is 0 Å². The van der Waals surface area contributed by atoms with Gasteiger partial charge in [-0.15, -0.1) is 0 Å². The predicted molar refractivity (Wildman–Crippen MR) is 116 cm³/mol. The highest BCUT2D eigenvalue weighted by Gasteiger charge is 2.48. The first kappa shape index (κ1) is 20.3. The third-order valence-electron chi connectivity index (χ3n) is 5.06. The third kappa shape index (κ3) is 3.30. The maximum atomic E-state index is 13.1. The number of carbonyl (C=O) groups is 2. The van der Waals surface area contributed by atoms with Gasteiger partial charge in [0, 0.05) is 11.3 Å². The van der Waals surface area contributed by atoms with E-state index in [2.05, 4.69) is 0 Å². The average Bonchev–Trinajstić information content (AvgIpc) is 3.31. The van der Waals surface area contributed by atoms with Crippen LogP contribution in [0.25, 0.3) is 5.76 Å². The zero-order chi connectivity index (χ0) is 21.6. The first-order chi connectivity index (χ1) is 14.3. The molecular formula is C23H17Cl2NO4. The van der Waals surface area contributed by atoms with Gasteiger partial charge in [0.1, 0.15) is 17.6 Å². The number of benzene rings is 2. The van der Waals surface area contributed by atoms with Gasteiger partial charge in [0.2, 0.25) is 0 Å². The number of anilines is 1. The Balaban J connectivity index is 1.95. The normalized spacial score (nSPS) is 18.3. The van der Waals surface area contributed by atoms with Crippen molar-refractivity contribution in [3.8, 4) is 0 Å². The number of aryl methyl sites for hydroxylation is 2. The molecule has 3 aromatic rings. The van der Waals surface area contributed by atoms with Gasteiger partial charge in [0.05, 0.1) is 21.9 Å². The quantitative estimate of drug-likeness (QED) is 0.315. The van der Waals surface area contributed by atoms with Crippen LogP contribution in [0.1, 0.15) is 28.5 Å². The van der Waals surface area contributed by atoms with Crippen LogP contribution in [-0.4, -0.2) is 16.8 Å². The van der Waals surface area contributed by atoms with E-state index < -0.39 is 17.7 Å². The summed E-state index contributed by atoms with van der Waals surface area (Å²) in [5, 5.41) is 11.5. The molecule has 30 heavy (non-hydrogen) atoms. The number of rotatable bonds is 3. The van der Waals surface area contributed by atoms with Crippen LogP contribution in [-0.2, 0) is 9.59 Å². The van der Waals surface area contributed by atoms with Crippen molar-refractivity contribution in [3.05, 3.63) is 92.9 Å². The van der Waals surface area contributed by atoms with Gasteiger partial charge in [0.25, 0.3) is 11.7 Å². The molecule has 1 saturated heterocycles. The zero-order valence-corrected chi connectivity index (χ0v) is 17.7. The molecule has 1 amide bonds. The maximum Gasteiger partial charge on any atom is 0.300 e. The standard InChI is InChI=1S/C23H17Cl2NO4/c1-12-5-8-17(13(2)10-12)26-20(18-4-3-9-30-18)19(22(28)23(26)29)21(27)14-6-7-15(24)16(25)11-14/h3-11,20,27H,1-2H3/b21-19-. The second-order valence-electron chi connectivity index (χ2n) is 7.10. The van der Waals surface area contributed by atoms with E-state index >= 15 is 0 Å². The van der Waals surface area contributed by atoms with Gasteiger partial charge in [-0.25, -0.2) is 0 Å².